The van der Waals surface area contributed by atoms with Crippen molar-refractivity contribution in [1.29, 1.82) is 0 Å². The Kier molecular flexibility index (Phi) is 7.88. The molecule has 4 rings (SSSR count). The highest BCUT2D eigenvalue weighted by Gasteiger charge is 2.30. The van der Waals surface area contributed by atoms with Crippen molar-refractivity contribution < 1.29 is 14.3 Å². The average molecular weight is 493 g/mol. The molecule has 192 valence electrons. The topological polar surface area (TPSA) is 90.9 Å². The largest absolute Gasteiger partial charge is 0.444 e. The van der Waals surface area contributed by atoms with Crippen molar-refractivity contribution >= 4 is 23.8 Å². The third-order valence-corrected chi connectivity index (χ3v) is 6.93. The fourth-order valence-corrected chi connectivity index (χ4v) is 4.90. The Bertz CT molecular complexity index is 1100. The highest BCUT2D eigenvalue weighted by atomic mass is 16.6. The number of rotatable bonds is 8. The molecule has 3 heterocycles. The lowest BCUT2D eigenvalue weighted by atomic mass is 9.98. The number of hydrogen-bond donors (Lipinski definition) is 1. The van der Waals surface area contributed by atoms with Gasteiger partial charge in [0.1, 0.15) is 12.4 Å². The molecular weight excluding hydrogens is 456 g/mol. The van der Waals surface area contributed by atoms with Crippen LogP contribution in [-0.2, 0) is 16.1 Å². The van der Waals surface area contributed by atoms with Crippen molar-refractivity contribution in [2.45, 2.75) is 58.8 Å². The Balaban J connectivity index is 1.42. The first-order valence-corrected chi connectivity index (χ1v) is 12.7. The van der Waals surface area contributed by atoms with E-state index in [2.05, 4.69) is 64.9 Å². The number of fused-ring (bicyclic) bond motifs is 1. The molecule has 1 aromatic carbocycles. The zero-order valence-corrected chi connectivity index (χ0v) is 21.6. The molecule has 0 radical (unpaired) electrons. The lowest BCUT2D eigenvalue weighted by Crippen LogP contribution is -2.49. The summed E-state index contributed by atoms with van der Waals surface area (Å²) in [5.41, 5.74) is 3.19. The van der Waals surface area contributed by atoms with Gasteiger partial charge in [0.05, 0.1) is 11.6 Å². The summed E-state index contributed by atoms with van der Waals surface area (Å²) in [6, 6.07) is 8.89. The van der Waals surface area contributed by atoms with Crippen LogP contribution in [0, 0.1) is 0 Å². The van der Waals surface area contributed by atoms with Gasteiger partial charge in [-0.2, -0.15) is 4.98 Å². The van der Waals surface area contributed by atoms with E-state index in [1.54, 1.807) is 11.1 Å². The zero-order chi connectivity index (χ0) is 25.8. The van der Waals surface area contributed by atoms with Gasteiger partial charge in [-0.05, 0) is 44.4 Å². The van der Waals surface area contributed by atoms with Crippen molar-refractivity contribution in [2.24, 2.45) is 0 Å². The molecule has 1 aromatic heterocycles. The maximum Gasteiger partial charge on any atom is 0.416 e. The summed E-state index contributed by atoms with van der Waals surface area (Å²) in [7, 11) is 0. The molecule has 2 amide bonds. The average Bonchev–Trinajstić information content (AvgIpc) is 2.89. The molecule has 1 unspecified atom stereocenters. The Morgan fingerprint density at radius 1 is 1.14 bits per heavy atom. The zero-order valence-electron chi connectivity index (χ0n) is 21.6. The predicted octanol–water partition coefficient (Wildman–Crippen LogP) is 4.30. The highest BCUT2D eigenvalue weighted by Crippen LogP contribution is 2.30. The molecule has 1 saturated heterocycles. The van der Waals surface area contributed by atoms with Gasteiger partial charge < -0.3 is 15.0 Å². The van der Waals surface area contributed by atoms with Gasteiger partial charge in [-0.1, -0.05) is 37.8 Å². The number of anilines is 2. The Hall–Kier alpha value is -3.46. The first-order valence-electron chi connectivity index (χ1n) is 12.7. The minimum absolute atomic E-state index is 0.00768. The van der Waals surface area contributed by atoms with Gasteiger partial charge >= 0.3 is 6.09 Å². The number of nitrogens with zero attached hydrogens (tertiary/aromatic N) is 5. The molecule has 9 nitrogen and oxygen atoms in total. The van der Waals surface area contributed by atoms with E-state index >= 15 is 0 Å². The number of ether oxygens (including phenoxy) is 1. The molecule has 2 aliphatic rings. The lowest BCUT2D eigenvalue weighted by Gasteiger charge is -2.39. The van der Waals surface area contributed by atoms with Crippen molar-refractivity contribution in [3.05, 3.63) is 59.8 Å². The van der Waals surface area contributed by atoms with Crippen LogP contribution < -0.4 is 10.2 Å². The van der Waals surface area contributed by atoms with Crippen molar-refractivity contribution in [1.82, 2.24) is 19.8 Å². The van der Waals surface area contributed by atoms with Crippen LogP contribution in [-0.4, -0.2) is 64.0 Å². The van der Waals surface area contributed by atoms with Crippen LogP contribution >= 0.6 is 0 Å². The smallest absolute Gasteiger partial charge is 0.416 e. The summed E-state index contributed by atoms with van der Waals surface area (Å²) in [6.07, 6.45) is 3.73. The van der Waals surface area contributed by atoms with Gasteiger partial charge in [0, 0.05) is 44.5 Å². The maximum atomic E-state index is 12.2. The first-order chi connectivity index (χ1) is 17.3. The molecule has 2 aromatic rings. The minimum Gasteiger partial charge on any atom is -0.444 e. The molecule has 0 saturated carbocycles. The van der Waals surface area contributed by atoms with Crippen LogP contribution in [0.3, 0.4) is 0 Å². The van der Waals surface area contributed by atoms with E-state index in [4.69, 9.17) is 4.74 Å². The monoisotopic (exact) mass is 492 g/mol. The standard InChI is InChI=1S/C27H36N6O3/c1-6-23(31-12-14-32(15-13-31)24(34)7-2)21-10-8-20(9-11-21)19(5)29-26-28-16-22-17-36-27(35)33(18(3)4)25(22)30-26/h7-11,16,18-19,23H,2,6,12-15,17H2,1,3-5H3,(H,28,29,30)/t19-,23?/m0/s1. The fourth-order valence-electron chi connectivity index (χ4n) is 4.90. The third-order valence-electron chi connectivity index (χ3n) is 6.93. The Labute approximate surface area is 213 Å². The SMILES string of the molecule is C=CC(=O)N1CCN(C(CC)c2ccc([C@H](C)Nc3ncc4c(n3)N(C(C)C)C(=O)OC4)cc2)CC1. The van der Waals surface area contributed by atoms with E-state index in [1.165, 1.54) is 11.6 Å². The van der Waals surface area contributed by atoms with E-state index in [9.17, 15) is 9.59 Å². The molecule has 0 bridgehead atoms. The van der Waals surface area contributed by atoms with Gasteiger partial charge in [-0.3, -0.25) is 14.6 Å². The number of nitrogens with one attached hydrogen (secondary N) is 1. The van der Waals surface area contributed by atoms with Gasteiger partial charge in [0.25, 0.3) is 0 Å². The number of cyclic esters (lactones) is 1. The molecule has 9 heteroatoms. The number of carbonyl (C=O) groups excluding carboxylic acids is 2. The lowest BCUT2D eigenvalue weighted by molar-refractivity contribution is -0.128. The normalized spacial score (nSPS) is 17.9. The van der Waals surface area contributed by atoms with E-state index in [-0.39, 0.29) is 30.7 Å². The molecule has 36 heavy (non-hydrogen) atoms. The summed E-state index contributed by atoms with van der Waals surface area (Å²) in [5.74, 6) is 1.08. The molecule has 0 aliphatic carbocycles. The number of aromatic nitrogens is 2. The maximum absolute atomic E-state index is 12.2. The van der Waals surface area contributed by atoms with Crippen LogP contribution in [0.4, 0.5) is 16.6 Å². The van der Waals surface area contributed by atoms with E-state index < -0.39 is 0 Å². The van der Waals surface area contributed by atoms with E-state index in [0.717, 1.165) is 43.7 Å². The quantitative estimate of drug-likeness (QED) is 0.550. The van der Waals surface area contributed by atoms with Gasteiger partial charge in [-0.25, -0.2) is 9.78 Å². The summed E-state index contributed by atoms with van der Waals surface area (Å²) >= 11 is 0. The Morgan fingerprint density at radius 2 is 1.81 bits per heavy atom. The molecule has 2 atom stereocenters. The summed E-state index contributed by atoms with van der Waals surface area (Å²) < 4.78 is 5.23. The van der Waals surface area contributed by atoms with Crippen molar-refractivity contribution in [3.8, 4) is 0 Å². The second kappa shape index (κ2) is 11.1. The third kappa shape index (κ3) is 5.36. The van der Waals surface area contributed by atoms with Crippen LogP contribution in [0.15, 0.2) is 43.1 Å². The number of amides is 2. The molecule has 1 fully saturated rings. The van der Waals surface area contributed by atoms with Gasteiger partial charge in [0.15, 0.2) is 0 Å². The minimum atomic E-state index is -0.384. The molecular formula is C27H36N6O3. The number of hydrogen-bond acceptors (Lipinski definition) is 7. The van der Waals surface area contributed by atoms with Crippen LogP contribution in [0.1, 0.15) is 62.9 Å². The highest BCUT2D eigenvalue weighted by molar-refractivity contribution is 5.89. The predicted molar refractivity (Wildman–Crippen MR) is 140 cm³/mol. The molecule has 2 aliphatic heterocycles. The fraction of sp³-hybridized carbons (Fsp3) is 0.481. The van der Waals surface area contributed by atoms with Gasteiger partial charge in [-0.15, -0.1) is 0 Å². The summed E-state index contributed by atoms with van der Waals surface area (Å²) in [6.45, 7) is 15.1. The number of carbonyl (C=O) groups is 2. The van der Waals surface area contributed by atoms with Crippen LogP contribution in [0.5, 0.6) is 0 Å². The molecule has 0 spiro atoms. The Morgan fingerprint density at radius 3 is 2.42 bits per heavy atom. The second-order valence-corrected chi connectivity index (χ2v) is 9.58. The molecule has 1 N–H and O–H groups in total. The van der Waals surface area contributed by atoms with Crippen LogP contribution in [0.25, 0.3) is 0 Å². The van der Waals surface area contributed by atoms with E-state index in [1.807, 2.05) is 18.7 Å². The first kappa shape index (κ1) is 25.6. The number of piperazine rings is 1. The van der Waals surface area contributed by atoms with Crippen LogP contribution in [0.2, 0.25) is 0 Å². The van der Waals surface area contributed by atoms with Crippen molar-refractivity contribution in [3.63, 3.8) is 0 Å². The summed E-state index contributed by atoms with van der Waals surface area (Å²) in [5, 5.41) is 3.37. The number of benzene rings is 1. The second-order valence-electron chi connectivity index (χ2n) is 9.58. The van der Waals surface area contributed by atoms with E-state index in [0.29, 0.717) is 17.8 Å². The van der Waals surface area contributed by atoms with Crippen molar-refractivity contribution in [2.75, 3.05) is 36.4 Å². The summed E-state index contributed by atoms with van der Waals surface area (Å²) in [4.78, 5) is 39.1. The van der Waals surface area contributed by atoms with Gasteiger partial charge in [0.2, 0.25) is 11.9 Å².